The zero-order valence-electron chi connectivity index (χ0n) is 11.2. The van der Waals surface area contributed by atoms with Crippen LogP contribution < -0.4 is 10.6 Å². The predicted octanol–water partition coefficient (Wildman–Crippen LogP) is 1.48. The van der Waals surface area contributed by atoms with Gasteiger partial charge in [-0.3, -0.25) is 4.68 Å². The number of nitrogens with zero attached hydrogens (tertiary/aromatic N) is 4. The molecule has 0 unspecified atom stereocenters. The topological polar surface area (TPSA) is 67.7 Å². The molecule has 2 aromatic rings. The van der Waals surface area contributed by atoms with Crippen molar-refractivity contribution in [1.82, 2.24) is 19.7 Å². The lowest BCUT2D eigenvalue weighted by molar-refractivity contribution is 0.746. The molecule has 96 valence electrons. The van der Waals surface area contributed by atoms with Gasteiger partial charge in [0.15, 0.2) is 0 Å². The Bertz CT molecular complexity index is 545. The second-order valence-electron chi connectivity index (χ2n) is 4.18. The van der Waals surface area contributed by atoms with Gasteiger partial charge in [-0.25, -0.2) is 9.97 Å². The van der Waals surface area contributed by atoms with Crippen molar-refractivity contribution in [2.45, 2.75) is 20.4 Å². The largest absolute Gasteiger partial charge is 0.373 e. The monoisotopic (exact) mass is 246 g/mol. The highest BCUT2D eigenvalue weighted by atomic mass is 15.3. The molecule has 2 N–H and O–H groups in total. The van der Waals surface area contributed by atoms with E-state index in [9.17, 15) is 0 Å². The zero-order chi connectivity index (χ0) is 13.1. The fraction of sp³-hybridized carbons (Fsp3) is 0.417. The van der Waals surface area contributed by atoms with Gasteiger partial charge in [-0.2, -0.15) is 5.10 Å². The summed E-state index contributed by atoms with van der Waals surface area (Å²) in [4.78, 5) is 8.74. The number of nitrogens with one attached hydrogen (secondary N) is 2. The van der Waals surface area contributed by atoms with Crippen LogP contribution >= 0.6 is 0 Å². The lowest BCUT2D eigenvalue weighted by Gasteiger charge is -2.11. The van der Waals surface area contributed by atoms with Gasteiger partial charge in [0.05, 0.1) is 12.2 Å². The van der Waals surface area contributed by atoms with Crippen molar-refractivity contribution in [3.63, 3.8) is 0 Å². The minimum Gasteiger partial charge on any atom is -0.373 e. The molecule has 0 aliphatic carbocycles. The van der Waals surface area contributed by atoms with Crippen LogP contribution in [-0.4, -0.2) is 26.8 Å². The van der Waals surface area contributed by atoms with Crippen molar-refractivity contribution < 1.29 is 0 Å². The van der Waals surface area contributed by atoms with E-state index in [2.05, 4.69) is 25.7 Å². The molecule has 6 nitrogen and oxygen atoms in total. The molecule has 0 amide bonds. The van der Waals surface area contributed by atoms with E-state index in [1.54, 1.807) is 4.68 Å². The van der Waals surface area contributed by atoms with Gasteiger partial charge in [-0.05, 0) is 19.9 Å². The Labute approximate surface area is 106 Å². The van der Waals surface area contributed by atoms with E-state index >= 15 is 0 Å². The molecule has 18 heavy (non-hydrogen) atoms. The fourth-order valence-corrected chi connectivity index (χ4v) is 1.78. The van der Waals surface area contributed by atoms with Crippen LogP contribution in [0.15, 0.2) is 12.3 Å². The first-order valence-corrected chi connectivity index (χ1v) is 5.85. The van der Waals surface area contributed by atoms with Crippen LogP contribution in [0, 0.1) is 13.8 Å². The standard InChI is InChI=1S/C12H18N6/c1-8-11(13-3)15-9(2)16-12(8)14-7-10-5-6-18(4)17-10/h5-6H,7H2,1-4H3,(H2,13,14,15,16). The van der Waals surface area contributed by atoms with E-state index in [1.807, 2.05) is 40.2 Å². The van der Waals surface area contributed by atoms with Crippen LogP contribution in [0.25, 0.3) is 0 Å². The predicted molar refractivity (Wildman–Crippen MR) is 71.6 cm³/mol. The summed E-state index contributed by atoms with van der Waals surface area (Å²) in [7, 11) is 3.76. The SMILES string of the molecule is CNc1nc(C)nc(NCc2ccn(C)n2)c1C. The third-order valence-corrected chi connectivity index (χ3v) is 2.70. The van der Waals surface area contributed by atoms with Gasteiger partial charge in [-0.15, -0.1) is 0 Å². The molecule has 2 aromatic heterocycles. The molecule has 0 bridgehead atoms. The first-order valence-electron chi connectivity index (χ1n) is 5.85. The number of rotatable bonds is 4. The molecule has 6 heteroatoms. The van der Waals surface area contributed by atoms with Crippen molar-refractivity contribution in [1.29, 1.82) is 0 Å². The van der Waals surface area contributed by atoms with Gasteiger partial charge in [0, 0.05) is 25.9 Å². The normalized spacial score (nSPS) is 10.4. The molecule has 0 fully saturated rings. The third-order valence-electron chi connectivity index (χ3n) is 2.70. The fourth-order valence-electron chi connectivity index (χ4n) is 1.78. The smallest absolute Gasteiger partial charge is 0.135 e. The van der Waals surface area contributed by atoms with Crippen molar-refractivity contribution in [3.8, 4) is 0 Å². The molecule has 0 aliphatic heterocycles. The average Bonchev–Trinajstić information content (AvgIpc) is 2.75. The first-order chi connectivity index (χ1) is 8.60. The molecule has 0 spiro atoms. The Balaban J connectivity index is 2.16. The summed E-state index contributed by atoms with van der Waals surface area (Å²) in [5, 5.41) is 10.7. The van der Waals surface area contributed by atoms with Crippen molar-refractivity contribution >= 4 is 11.6 Å². The van der Waals surface area contributed by atoms with Crippen molar-refractivity contribution in [2.75, 3.05) is 17.7 Å². The minimum absolute atomic E-state index is 0.654. The summed E-state index contributed by atoms with van der Waals surface area (Å²) in [5.74, 6) is 2.44. The van der Waals surface area contributed by atoms with Gasteiger partial charge in [0.2, 0.25) is 0 Å². The maximum atomic E-state index is 4.41. The molecule has 2 rings (SSSR count). The third kappa shape index (κ3) is 2.58. The van der Waals surface area contributed by atoms with Crippen molar-refractivity contribution in [2.24, 2.45) is 7.05 Å². The van der Waals surface area contributed by atoms with Gasteiger partial charge in [-0.1, -0.05) is 0 Å². The Morgan fingerprint density at radius 2 is 1.94 bits per heavy atom. The van der Waals surface area contributed by atoms with Crippen LogP contribution in [0.1, 0.15) is 17.1 Å². The second kappa shape index (κ2) is 5.03. The number of anilines is 2. The van der Waals surface area contributed by atoms with Gasteiger partial charge in [0.25, 0.3) is 0 Å². The molecule has 0 aromatic carbocycles. The Morgan fingerprint density at radius 1 is 1.22 bits per heavy atom. The summed E-state index contributed by atoms with van der Waals surface area (Å²) in [5.41, 5.74) is 2.00. The summed E-state index contributed by atoms with van der Waals surface area (Å²) in [6, 6.07) is 1.98. The van der Waals surface area contributed by atoms with Crippen LogP contribution in [0.3, 0.4) is 0 Å². The van der Waals surface area contributed by atoms with Crippen molar-refractivity contribution in [3.05, 3.63) is 29.3 Å². The van der Waals surface area contributed by atoms with Gasteiger partial charge >= 0.3 is 0 Å². The van der Waals surface area contributed by atoms with Gasteiger partial charge < -0.3 is 10.6 Å². The average molecular weight is 246 g/mol. The van der Waals surface area contributed by atoms with E-state index in [1.165, 1.54) is 0 Å². The summed E-state index contributed by atoms with van der Waals surface area (Å²) < 4.78 is 1.79. The van der Waals surface area contributed by atoms with E-state index in [-0.39, 0.29) is 0 Å². The molecular formula is C12H18N6. The Hall–Kier alpha value is -2.11. The number of aryl methyl sites for hydroxylation is 2. The minimum atomic E-state index is 0.654. The highest BCUT2D eigenvalue weighted by Gasteiger charge is 2.08. The van der Waals surface area contributed by atoms with Crippen LogP contribution in [0.4, 0.5) is 11.6 Å². The quantitative estimate of drug-likeness (QED) is 0.855. The summed E-state index contributed by atoms with van der Waals surface area (Å²) >= 11 is 0. The highest BCUT2D eigenvalue weighted by molar-refractivity contribution is 5.56. The van der Waals surface area contributed by atoms with E-state index in [4.69, 9.17) is 0 Å². The summed E-state index contributed by atoms with van der Waals surface area (Å²) in [6.07, 6.45) is 1.92. The number of hydrogen-bond acceptors (Lipinski definition) is 5. The molecule has 0 saturated heterocycles. The Morgan fingerprint density at radius 3 is 2.56 bits per heavy atom. The van der Waals surface area contributed by atoms with E-state index in [0.717, 1.165) is 28.7 Å². The highest BCUT2D eigenvalue weighted by Crippen LogP contribution is 2.19. The maximum Gasteiger partial charge on any atom is 0.135 e. The number of hydrogen-bond donors (Lipinski definition) is 2. The molecule has 0 aliphatic rings. The first kappa shape index (κ1) is 12.3. The molecule has 2 heterocycles. The molecule has 0 atom stereocenters. The zero-order valence-corrected chi connectivity index (χ0v) is 11.2. The maximum absolute atomic E-state index is 4.41. The molecular weight excluding hydrogens is 228 g/mol. The second-order valence-corrected chi connectivity index (χ2v) is 4.18. The lowest BCUT2D eigenvalue weighted by Crippen LogP contribution is -2.08. The molecule has 0 radical (unpaired) electrons. The van der Waals surface area contributed by atoms with E-state index < -0.39 is 0 Å². The van der Waals surface area contributed by atoms with Gasteiger partial charge in [0.1, 0.15) is 17.5 Å². The lowest BCUT2D eigenvalue weighted by atomic mass is 10.3. The van der Waals surface area contributed by atoms with Crippen LogP contribution in [-0.2, 0) is 13.6 Å². The number of aromatic nitrogens is 4. The Kier molecular flexibility index (Phi) is 3.45. The van der Waals surface area contributed by atoms with Crippen LogP contribution in [0.2, 0.25) is 0 Å². The summed E-state index contributed by atoms with van der Waals surface area (Å²) in [6.45, 7) is 4.53. The van der Waals surface area contributed by atoms with E-state index in [0.29, 0.717) is 6.54 Å². The molecule has 0 saturated carbocycles. The van der Waals surface area contributed by atoms with Crippen LogP contribution in [0.5, 0.6) is 0 Å².